The quantitative estimate of drug-likeness (QED) is 0.326. The fourth-order valence-corrected chi connectivity index (χ4v) is 1.85. The standard InChI is InChI=1S/C15H23NO3/c1-2-3-4-5-6-7-11-19-15(18)12-9-8-10-13(16)14(12)17/h8-10,17H,2-7,11,16H2,1H3. The van der Waals surface area contributed by atoms with Gasteiger partial charge in [-0.3, -0.25) is 0 Å². The maximum Gasteiger partial charge on any atom is 0.341 e. The Balaban J connectivity index is 2.26. The molecule has 1 aromatic carbocycles. The summed E-state index contributed by atoms with van der Waals surface area (Å²) in [6.45, 7) is 2.57. The average Bonchev–Trinajstić information content (AvgIpc) is 2.40. The molecule has 1 aromatic rings. The second-order valence-electron chi connectivity index (χ2n) is 4.65. The third kappa shape index (κ3) is 5.20. The van der Waals surface area contributed by atoms with Crippen LogP contribution in [-0.4, -0.2) is 17.7 Å². The molecule has 106 valence electrons. The zero-order chi connectivity index (χ0) is 14.1. The van der Waals surface area contributed by atoms with E-state index in [9.17, 15) is 9.90 Å². The van der Waals surface area contributed by atoms with Gasteiger partial charge in [-0.15, -0.1) is 0 Å². The number of para-hydroxylation sites is 1. The fraction of sp³-hybridized carbons (Fsp3) is 0.533. The largest absolute Gasteiger partial charge is 0.505 e. The van der Waals surface area contributed by atoms with Gasteiger partial charge in [-0.2, -0.15) is 0 Å². The first-order valence-electron chi connectivity index (χ1n) is 6.91. The first-order valence-corrected chi connectivity index (χ1v) is 6.91. The van der Waals surface area contributed by atoms with Gasteiger partial charge in [-0.25, -0.2) is 4.79 Å². The Kier molecular flexibility index (Phi) is 6.79. The molecular weight excluding hydrogens is 242 g/mol. The SMILES string of the molecule is CCCCCCCCOC(=O)c1cccc(N)c1O. The molecule has 4 heteroatoms. The first-order chi connectivity index (χ1) is 9.16. The highest BCUT2D eigenvalue weighted by atomic mass is 16.5. The van der Waals surface area contributed by atoms with E-state index in [4.69, 9.17) is 10.5 Å². The van der Waals surface area contributed by atoms with Crippen molar-refractivity contribution in [3.63, 3.8) is 0 Å². The smallest absolute Gasteiger partial charge is 0.341 e. The zero-order valence-electron chi connectivity index (χ0n) is 11.5. The number of ether oxygens (including phenoxy) is 1. The molecule has 0 bridgehead atoms. The number of nitrogen functional groups attached to an aromatic ring is 1. The Bertz CT molecular complexity index is 404. The van der Waals surface area contributed by atoms with Crippen molar-refractivity contribution in [1.82, 2.24) is 0 Å². The van der Waals surface area contributed by atoms with Crippen LogP contribution in [0.5, 0.6) is 5.75 Å². The molecule has 0 heterocycles. The molecule has 0 saturated carbocycles. The second-order valence-corrected chi connectivity index (χ2v) is 4.65. The van der Waals surface area contributed by atoms with Crippen molar-refractivity contribution in [1.29, 1.82) is 0 Å². The number of phenols is 1. The minimum Gasteiger partial charge on any atom is -0.505 e. The van der Waals surface area contributed by atoms with Gasteiger partial charge in [0.25, 0.3) is 0 Å². The summed E-state index contributed by atoms with van der Waals surface area (Å²) in [5, 5.41) is 9.64. The van der Waals surface area contributed by atoms with Gasteiger partial charge in [-0.05, 0) is 18.6 Å². The van der Waals surface area contributed by atoms with E-state index in [2.05, 4.69) is 6.92 Å². The maximum absolute atomic E-state index is 11.7. The molecule has 19 heavy (non-hydrogen) atoms. The van der Waals surface area contributed by atoms with Crippen molar-refractivity contribution in [2.24, 2.45) is 0 Å². The summed E-state index contributed by atoms with van der Waals surface area (Å²) in [7, 11) is 0. The van der Waals surface area contributed by atoms with E-state index in [1.54, 1.807) is 12.1 Å². The molecule has 1 rings (SSSR count). The molecule has 0 saturated heterocycles. The van der Waals surface area contributed by atoms with Crippen LogP contribution in [0.4, 0.5) is 5.69 Å². The Labute approximate surface area is 114 Å². The van der Waals surface area contributed by atoms with Crippen LogP contribution in [0, 0.1) is 0 Å². The highest BCUT2D eigenvalue weighted by molar-refractivity contribution is 5.94. The lowest BCUT2D eigenvalue weighted by molar-refractivity contribution is 0.0494. The molecule has 4 nitrogen and oxygen atoms in total. The van der Waals surface area contributed by atoms with Crippen molar-refractivity contribution in [3.8, 4) is 5.75 Å². The van der Waals surface area contributed by atoms with Crippen LogP contribution in [0.2, 0.25) is 0 Å². The third-order valence-electron chi connectivity index (χ3n) is 3.02. The molecule has 0 aliphatic heterocycles. The molecule has 0 amide bonds. The van der Waals surface area contributed by atoms with Crippen LogP contribution in [0.3, 0.4) is 0 Å². The number of anilines is 1. The van der Waals surface area contributed by atoms with E-state index in [1.165, 1.54) is 31.7 Å². The third-order valence-corrected chi connectivity index (χ3v) is 3.02. The van der Waals surface area contributed by atoms with Gasteiger partial charge in [0.2, 0.25) is 0 Å². The highest BCUT2D eigenvalue weighted by Crippen LogP contribution is 2.24. The molecule has 0 aromatic heterocycles. The van der Waals surface area contributed by atoms with Crippen molar-refractivity contribution in [2.45, 2.75) is 45.4 Å². The molecule has 0 aliphatic carbocycles. The lowest BCUT2D eigenvalue weighted by Gasteiger charge is -2.07. The molecule has 0 aliphatic rings. The molecule has 0 atom stereocenters. The van der Waals surface area contributed by atoms with Crippen molar-refractivity contribution < 1.29 is 14.6 Å². The van der Waals surface area contributed by atoms with Gasteiger partial charge in [0.15, 0.2) is 5.75 Å². The number of unbranched alkanes of at least 4 members (excludes halogenated alkanes) is 5. The lowest BCUT2D eigenvalue weighted by Crippen LogP contribution is -2.07. The number of hydrogen-bond donors (Lipinski definition) is 2. The van der Waals surface area contributed by atoms with Crippen molar-refractivity contribution in [2.75, 3.05) is 12.3 Å². The van der Waals surface area contributed by atoms with Crippen LogP contribution in [-0.2, 0) is 4.74 Å². The fourth-order valence-electron chi connectivity index (χ4n) is 1.85. The van der Waals surface area contributed by atoms with Gasteiger partial charge in [-0.1, -0.05) is 45.1 Å². The van der Waals surface area contributed by atoms with Crippen LogP contribution >= 0.6 is 0 Å². The van der Waals surface area contributed by atoms with E-state index >= 15 is 0 Å². The monoisotopic (exact) mass is 265 g/mol. The molecule has 0 unspecified atom stereocenters. The van der Waals surface area contributed by atoms with Gasteiger partial charge in [0.05, 0.1) is 12.3 Å². The van der Waals surface area contributed by atoms with Crippen LogP contribution in [0.25, 0.3) is 0 Å². The van der Waals surface area contributed by atoms with Gasteiger partial charge >= 0.3 is 5.97 Å². The summed E-state index contributed by atoms with van der Waals surface area (Å²) in [5.74, 6) is -0.714. The highest BCUT2D eigenvalue weighted by Gasteiger charge is 2.13. The zero-order valence-corrected chi connectivity index (χ0v) is 11.5. The molecule has 0 spiro atoms. The Morgan fingerprint density at radius 2 is 1.89 bits per heavy atom. The number of aromatic hydroxyl groups is 1. The number of nitrogens with two attached hydrogens (primary N) is 1. The Morgan fingerprint density at radius 1 is 1.21 bits per heavy atom. The first kappa shape index (κ1) is 15.3. The number of carbonyl (C=O) groups excluding carboxylic acids is 1. The number of rotatable bonds is 8. The topological polar surface area (TPSA) is 72.5 Å². The second kappa shape index (κ2) is 8.40. The summed E-state index contributed by atoms with van der Waals surface area (Å²) in [4.78, 5) is 11.7. The van der Waals surface area contributed by atoms with Gasteiger partial charge in [0, 0.05) is 0 Å². The number of phenolic OH excluding ortho intramolecular Hbond substituents is 1. The predicted octanol–water partition coefficient (Wildman–Crippen LogP) is 3.49. The van der Waals surface area contributed by atoms with Crippen LogP contribution in [0.1, 0.15) is 55.8 Å². The Morgan fingerprint density at radius 3 is 2.63 bits per heavy atom. The maximum atomic E-state index is 11.7. The van der Waals surface area contributed by atoms with E-state index in [1.807, 2.05) is 0 Å². The van der Waals surface area contributed by atoms with E-state index < -0.39 is 5.97 Å². The number of esters is 1. The molecule has 0 fully saturated rings. The predicted molar refractivity (Wildman–Crippen MR) is 76.2 cm³/mol. The lowest BCUT2D eigenvalue weighted by atomic mass is 10.1. The molecule has 0 radical (unpaired) electrons. The van der Waals surface area contributed by atoms with E-state index in [0.717, 1.165) is 12.8 Å². The van der Waals surface area contributed by atoms with Crippen molar-refractivity contribution in [3.05, 3.63) is 23.8 Å². The summed E-state index contributed by atoms with van der Waals surface area (Å²) in [5.41, 5.74) is 5.84. The summed E-state index contributed by atoms with van der Waals surface area (Å²) in [6, 6.07) is 4.67. The van der Waals surface area contributed by atoms with Crippen molar-refractivity contribution >= 4 is 11.7 Å². The van der Waals surface area contributed by atoms with Gasteiger partial charge in [0.1, 0.15) is 5.56 Å². The Hall–Kier alpha value is -1.71. The molecule has 3 N–H and O–H groups in total. The minimum absolute atomic E-state index is 0.131. The minimum atomic E-state index is -0.515. The average molecular weight is 265 g/mol. The molecular formula is C15H23NO3. The number of benzene rings is 1. The normalized spacial score (nSPS) is 10.4. The van der Waals surface area contributed by atoms with Crippen LogP contribution in [0.15, 0.2) is 18.2 Å². The number of hydrogen-bond acceptors (Lipinski definition) is 4. The summed E-state index contributed by atoms with van der Waals surface area (Å²) in [6.07, 6.45) is 6.82. The van der Waals surface area contributed by atoms with E-state index in [0.29, 0.717) is 6.61 Å². The summed E-state index contributed by atoms with van der Waals surface area (Å²) >= 11 is 0. The summed E-state index contributed by atoms with van der Waals surface area (Å²) < 4.78 is 5.12. The number of carbonyl (C=O) groups is 1. The van der Waals surface area contributed by atoms with E-state index in [-0.39, 0.29) is 17.0 Å². The van der Waals surface area contributed by atoms with Crippen LogP contribution < -0.4 is 5.73 Å². The van der Waals surface area contributed by atoms with Gasteiger partial charge < -0.3 is 15.6 Å².